The van der Waals surface area contributed by atoms with Crippen LogP contribution in [0.5, 0.6) is 0 Å². The molecule has 0 bridgehead atoms. The number of hydrogen-bond donors (Lipinski definition) is 0. The number of morpholine rings is 1. The molecule has 1 aliphatic heterocycles. The SMILES string of the molecule is Cc1ccc(CS(=O)(=O)N2CCOC(c3ccc(C(C)C)cc3)C2)cc1. The minimum atomic E-state index is -3.36. The van der Waals surface area contributed by atoms with Crippen molar-refractivity contribution in [2.24, 2.45) is 0 Å². The van der Waals surface area contributed by atoms with Crippen molar-refractivity contribution >= 4 is 10.0 Å². The molecule has 26 heavy (non-hydrogen) atoms. The third-order valence-corrected chi connectivity index (χ3v) is 6.68. The number of sulfonamides is 1. The molecular weight excluding hydrogens is 346 g/mol. The molecule has 2 aromatic carbocycles. The highest BCUT2D eigenvalue weighted by atomic mass is 32.2. The van der Waals surface area contributed by atoms with Crippen molar-refractivity contribution < 1.29 is 13.2 Å². The lowest BCUT2D eigenvalue weighted by atomic mass is 10.00. The summed E-state index contributed by atoms with van der Waals surface area (Å²) in [6.45, 7) is 7.51. The molecule has 1 aliphatic rings. The van der Waals surface area contributed by atoms with Gasteiger partial charge in [0, 0.05) is 13.1 Å². The molecule has 1 fully saturated rings. The number of benzene rings is 2. The van der Waals surface area contributed by atoms with Crippen molar-refractivity contribution in [3.05, 3.63) is 70.8 Å². The maximum absolute atomic E-state index is 12.8. The molecule has 140 valence electrons. The first kappa shape index (κ1) is 19.1. The molecule has 0 N–H and O–H groups in total. The molecule has 1 saturated heterocycles. The van der Waals surface area contributed by atoms with Crippen LogP contribution in [0.1, 0.15) is 48.1 Å². The van der Waals surface area contributed by atoms with Crippen LogP contribution in [0.15, 0.2) is 48.5 Å². The fourth-order valence-electron chi connectivity index (χ4n) is 3.16. The van der Waals surface area contributed by atoms with E-state index in [-0.39, 0.29) is 11.9 Å². The molecule has 2 aromatic rings. The van der Waals surface area contributed by atoms with Crippen LogP contribution in [0.3, 0.4) is 0 Å². The van der Waals surface area contributed by atoms with Crippen LogP contribution in [0, 0.1) is 6.92 Å². The van der Waals surface area contributed by atoms with E-state index in [2.05, 4.69) is 38.1 Å². The van der Waals surface area contributed by atoms with E-state index in [1.807, 2.05) is 31.2 Å². The normalized spacial score (nSPS) is 19.0. The van der Waals surface area contributed by atoms with E-state index in [4.69, 9.17) is 4.74 Å². The van der Waals surface area contributed by atoms with Gasteiger partial charge in [0.05, 0.1) is 18.5 Å². The van der Waals surface area contributed by atoms with Gasteiger partial charge in [0.25, 0.3) is 0 Å². The van der Waals surface area contributed by atoms with Gasteiger partial charge in [-0.25, -0.2) is 8.42 Å². The number of nitrogens with zero attached hydrogens (tertiary/aromatic N) is 1. The summed E-state index contributed by atoms with van der Waals surface area (Å²) in [4.78, 5) is 0. The van der Waals surface area contributed by atoms with Crippen LogP contribution < -0.4 is 0 Å². The van der Waals surface area contributed by atoms with Gasteiger partial charge in [-0.3, -0.25) is 0 Å². The average Bonchev–Trinajstić information content (AvgIpc) is 2.64. The summed E-state index contributed by atoms with van der Waals surface area (Å²) in [5.41, 5.74) is 4.25. The van der Waals surface area contributed by atoms with Gasteiger partial charge in [-0.2, -0.15) is 4.31 Å². The lowest BCUT2D eigenvalue weighted by Gasteiger charge is -2.32. The van der Waals surface area contributed by atoms with Crippen molar-refractivity contribution in [3.8, 4) is 0 Å². The fraction of sp³-hybridized carbons (Fsp3) is 0.429. The van der Waals surface area contributed by atoms with E-state index in [1.54, 1.807) is 4.31 Å². The Morgan fingerprint density at radius 3 is 2.35 bits per heavy atom. The zero-order valence-corrected chi connectivity index (χ0v) is 16.5. The minimum absolute atomic E-state index is 0.0340. The summed E-state index contributed by atoms with van der Waals surface area (Å²) < 4.78 is 33.1. The molecule has 1 heterocycles. The number of ether oxygens (including phenoxy) is 1. The Labute approximate surface area is 156 Å². The topological polar surface area (TPSA) is 46.6 Å². The highest BCUT2D eigenvalue weighted by Crippen LogP contribution is 2.26. The van der Waals surface area contributed by atoms with Gasteiger partial charge in [0.2, 0.25) is 10.0 Å². The van der Waals surface area contributed by atoms with Crippen LogP contribution in [0.4, 0.5) is 0 Å². The first-order chi connectivity index (χ1) is 12.3. The van der Waals surface area contributed by atoms with Gasteiger partial charge in [-0.05, 0) is 29.5 Å². The van der Waals surface area contributed by atoms with Crippen molar-refractivity contribution in [1.29, 1.82) is 0 Å². The van der Waals surface area contributed by atoms with E-state index in [9.17, 15) is 8.42 Å². The maximum Gasteiger partial charge on any atom is 0.218 e. The molecule has 0 aromatic heterocycles. The Bertz CT molecular complexity index is 827. The molecule has 1 unspecified atom stereocenters. The van der Waals surface area contributed by atoms with Crippen LogP contribution >= 0.6 is 0 Å². The zero-order valence-electron chi connectivity index (χ0n) is 15.7. The van der Waals surface area contributed by atoms with Gasteiger partial charge >= 0.3 is 0 Å². The predicted molar refractivity (Wildman–Crippen MR) is 105 cm³/mol. The monoisotopic (exact) mass is 373 g/mol. The molecule has 1 atom stereocenters. The summed E-state index contributed by atoms with van der Waals surface area (Å²) >= 11 is 0. The van der Waals surface area contributed by atoms with E-state index >= 15 is 0 Å². The molecule has 0 radical (unpaired) electrons. The predicted octanol–water partition coefficient (Wildman–Crippen LogP) is 4.02. The first-order valence-electron chi connectivity index (χ1n) is 9.10. The Hall–Kier alpha value is -1.69. The summed E-state index contributed by atoms with van der Waals surface area (Å²) in [7, 11) is -3.36. The quantitative estimate of drug-likeness (QED) is 0.795. The summed E-state index contributed by atoms with van der Waals surface area (Å²) in [6, 6.07) is 16.0. The van der Waals surface area contributed by atoms with Crippen molar-refractivity contribution in [1.82, 2.24) is 4.31 Å². The fourth-order valence-corrected chi connectivity index (χ4v) is 4.67. The molecule has 0 aliphatic carbocycles. The zero-order chi connectivity index (χ0) is 18.7. The smallest absolute Gasteiger partial charge is 0.218 e. The van der Waals surface area contributed by atoms with Crippen molar-refractivity contribution in [2.75, 3.05) is 19.7 Å². The lowest BCUT2D eigenvalue weighted by Crippen LogP contribution is -2.42. The van der Waals surface area contributed by atoms with Crippen LogP contribution in [-0.4, -0.2) is 32.4 Å². The molecule has 3 rings (SSSR count). The van der Waals surface area contributed by atoms with E-state index in [0.29, 0.717) is 25.6 Å². The Balaban J connectivity index is 1.71. The Kier molecular flexibility index (Phi) is 5.80. The summed E-state index contributed by atoms with van der Waals surface area (Å²) in [6.07, 6.45) is -0.210. The van der Waals surface area contributed by atoms with Gasteiger partial charge < -0.3 is 4.74 Å². The van der Waals surface area contributed by atoms with E-state index in [1.165, 1.54) is 5.56 Å². The van der Waals surface area contributed by atoms with Crippen LogP contribution in [0.2, 0.25) is 0 Å². The second-order valence-electron chi connectivity index (χ2n) is 7.28. The summed E-state index contributed by atoms with van der Waals surface area (Å²) in [5.74, 6) is 0.509. The molecule has 0 saturated carbocycles. The Morgan fingerprint density at radius 2 is 1.73 bits per heavy atom. The molecule has 0 spiro atoms. The average molecular weight is 374 g/mol. The number of aryl methyl sites for hydroxylation is 1. The van der Waals surface area contributed by atoms with E-state index < -0.39 is 10.0 Å². The maximum atomic E-state index is 12.8. The highest BCUT2D eigenvalue weighted by molar-refractivity contribution is 7.88. The third-order valence-electron chi connectivity index (χ3n) is 4.87. The second kappa shape index (κ2) is 7.91. The largest absolute Gasteiger partial charge is 0.371 e. The van der Waals surface area contributed by atoms with Crippen molar-refractivity contribution in [3.63, 3.8) is 0 Å². The summed E-state index contributed by atoms with van der Waals surface area (Å²) in [5, 5.41) is 0. The highest BCUT2D eigenvalue weighted by Gasteiger charge is 2.30. The first-order valence-corrected chi connectivity index (χ1v) is 10.7. The second-order valence-corrected chi connectivity index (χ2v) is 9.25. The Morgan fingerprint density at radius 1 is 1.08 bits per heavy atom. The number of rotatable bonds is 5. The third kappa shape index (κ3) is 4.53. The van der Waals surface area contributed by atoms with Crippen LogP contribution in [0.25, 0.3) is 0 Å². The molecule has 0 amide bonds. The van der Waals surface area contributed by atoms with Gasteiger partial charge in [0.1, 0.15) is 0 Å². The lowest BCUT2D eigenvalue weighted by molar-refractivity contribution is -0.00261. The van der Waals surface area contributed by atoms with Crippen LogP contribution in [-0.2, 0) is 20.5 Å². The van der Waals surface area contributed by atoms with E-state index in [0.717, 1.165) is 16.7 Å². The number of hydrogen-bond acceptors (Lipinski definition) is 3. The van der Waals surface area contributed by atoms with Gasteiger partial charge in [0.15, 0.2) is 0 Å². The molecular formula is C21H27NO3S. The molecule has 4 nitrogen and oxygen atoms in total. The standard InChI is InChI=1S/C21H27NO3S/c1-16(2)19-8-10-20(11-9-19)21-14-22(12-13-25-21)26(23,24)15-18-6-4-17(3)5-7-18/h4-11,16,21H,12-15H2,1-3H3. The van der Waals surface area contributed by atoms with Gasteiger partial charge in [-0.1, -0.05) is 67.9 Å². The van der Waals surface area contributed by atoms with Gasteiger partial charge in [-0.15, -0.1) is 0 Å². The molecule has 5 heteroatoms. The van der Waals surface area contributed by atoms with Crippen molar-refractivity contribution in [2.45, 2.75) is 38.5 Å². The minimum Gasteiger partial charge on any atom is -0.371 e.